The predicted octanol–water partition coefficient (Wildman–Crippen LogP) is 1.88. The third-order valence-electron chi connectivity index (χ3n) is 1.80. The lowest BCUT2D eigenvalue weighted by Crippen LogP contribution is -2.18. The molecule has 0 aliphatic heterocycles. The molecule has 0 aliphatic rings. The highest BCUT2D eigenvalue weighted by Crippen LogP contribution is 2.15. The molecular weight excluding hydrogens is 265 g/mol. The van der Waals surface area contributed by atoms with Crippen LogP contribution in [0.4, 0.5) is 0 Å². The van der Waals surface area contributed by atoms with Crippen LogP contribution in [0.2, 0.25) is 0 Å². The molecule has 0 aromatic heterocycles. The number of carbonyl (C=O) groups is 1. The van der Waals surface area contributed by atoms with Gasteiger partial charge in [0, 0.05) is 3.57 Å². The van der Waals surface area contributed by atoms with E-state index in [1.807, 2.05) is 31.2 Å². The highest BCUT2D eigenvalue weighted by Gasteiger charge is 2.10. The summed E-state index contributed by atoms with van der Waals surface area (Å²) in [5.74, 6) is -0.474. The molecule has 64 valence electrons. The summed E-state index contributed by atoms with van der Waals surface area (Å²) in [7, 11) is 0. The first-order chi connectivity index (χ1) is 5.61. The van der Waals surface area contributed by atoms with Crippen LogP contribution in [-0.4, -0.2) is 5.91 Å². The Morgan fingerprint density at radius 1 is 1.42 bits per heavy atom. The van der Waals surface area contributed by atoms with Crippen molar-refractivity contribution < 1.29 is 4.79 Å². The van der Waals surface area contributed by atoms with E-state index in [4.69, 9.17) is 5.73 Å². The Kier molecular flexibility index (Phi) is 3.08. The maximum Gasteiger partial charge on any atom is 0.224 e. The van der Waals surface area contributed by atoms with Gasteiger partial charge in [-0.1, -0.05) is 12.1 Å². The number of hydrogen-bond donors (Lipinski definition) is 1. The zero-order chi connectivity index (χ0) is 9.14. The molecule has 1 rings (SSSR count). The fraction of sp³-hybridized carbons (Fsp3) is 0.222. The van der Waals surface area contributed by atoms with E-state index in [9.17, 15) is 4.79 Å². The van der Waals surface area contributed by atoms with Gasteiger partial charge in [-0.15, -0.1) is 0 Å². The van der Waals surface area contributed by atoms with Gasteiger partial charge in [0.15, 0.2) is 0 Å². The number of amides is 1. The Hall–Kier alpha value is -0.580. The van der Waals surface area contributed by atoms with E-state index in [-0.39, 0.29) is 11.8 Å². The van der Waals surface area contributed by atoms with Crippen molar-refractivity contribution in [3.63, 3.8) is 0 Å². The summed E-state index contributed by atoms with van der Waals surface area (Å²) in [6.07, 6.45) is 0. The predicted molar refractivity (Wildman–Crippen MR) is 56.8 cm³/mol. The fourth-order valence-corrected chi connectivity index (χ4v) is 1.28. The Labute approximate surface area is 85.3 Å². The number of carbonyl (C=O) groups excluding carboxylic acids is 1. The summed E-state index contributed by atoms with van der Waals surface area (Å²) in [4.78, 5) is 10.8. The molecule has 0 bridgehead atoms. The van der Waals surface area contributed by atoms with Crippen molar-refractivity contribution in [3.8, 4) is 0 Å². The molecular formula is C9H10INO. The molecule has 0 saturated carbocycles. The largest absolute Gasteiger partial charge is 0.369 e. The van der Waals surface area contributed by atoms with Crippen LogP contribution < -0.4 is 5.73 Å². The van der Waals surface area contributed by atoms with Crippen molar-refractivity contribution in [2.45, 2.75) is 12.8 Å². The number of nitrogens with two attached hydrogens (primary N) is 1. The van der Waals surface area contributed by atoms with Crippen LogP contribution in [0.5, 0.6) is 0 Å². The third kappa shape index (κ3) is 2.20. The van der Waals surface area contributed by atoms with Crippen LogP contribution in [0.1, 0.15) is 18.4 Å². The van der Waals surface area contributed by atoms with Gasteiger partial charge in [0.25, 0.3) is 0 Å². The van der Waals surface area contributed by atoms with Crippen molar-refractivity contribution in [2.24, 2.45) is 5.73 Å². The number of rotatable bonds is 2. The highest BCUT2D eigenvalue weighted by atomic mass is 127. The minimum atomic E-state index is -0.281. The molecule has 1 amide bonds. The molecule has 0 heterocycles. The third-order valence-corrected chi connectivity index (χ3v) is 2.52. The van der Waals surface area contributed by atoms with Crippen LogP contribution in [-0.2, 0) is 4.79 Å². The zero-order valence-corrected chi connectivity index (χ0v) is 8.91. The molecule has 2 nitrogen and oxygen atoms in total. The van der Waals surface area contributed by atoms with E-state index >= 15 is 0 Å². The lowest BCUT2D eigenvalue weighted by Gasteiger charge is -2.06. The van der Waals surface area contributed by atoms with Crippen LogP contribution in [0, 0.1) is 3.57 Å². The van der Waals surface area contributed by atoms with Crippen molar-refractivity contribution in [1.29, 1.82) is 0 Å². The summed E-state index contributed by atoms with van der Waals surface area (Å²) in [5, 5.41) is 0. The molecule has 0 radical (unpaired) electrons. The van der Waals surface area contributed by atoms with Crippen molar-refractivity contribution in [2.75, 3.05) is 0 Å². The van der Waals surface area contributed by atoms with Gasteiger partial charge >= 0.3 is 0 Å². The first-order valence-corrected chi connectivity index (χ1v) is 4.74. The van der Waals surface area contributed by atoms with Crippen LogP contribution >= 0.6 is 22.6 Å². The van der Waals surface area contributed by atoms with Gasteiger partial charge in [0.1, 0.15) is 0 Å². The highest BCUT2D eigenvalue weighted by molar-refractivity contribution is 14.1. The number of primary amides is 1. The van der Waals surface area contributed by atoms with Crippen molar-refractivity contribution >= 4 is 28.5 Å². The fourth-order valence-electron chi connectivity index (χ4n) is 0.916. The Morgan fingerprint density at radius 3 is 2.33 bits per heavy atom. The lowest BCUT2D eigenvalue weighted by atomic mass is 10.0. The van der Waals surface area contributed by atoms with Crippen molar-refractivity contribution in [1.82, 2.24) is 0 Å². The average Bonchev–Trinajstić information content (AvgIpc) is 2.04. The first-order valence-electron chi connectivity index (χ1n) is 3.66. The monoisotopic (exact) mass is 275 g/mol. The van der Waals surface area contributed by atoms with Crippen LogP contribution in [0.15, 0.2) is 24.3 Å². The SMILES string of the molecule is CC(C(N)=O)c1ccc(I)cc1. The molecule has 1 aromatic carbocycles. The van der Waals surface area contributed by atoms with Gasteiger partial charge in [0.2, 0.25) is 5.91 Å². The van der Waals surface area contributed by atoms with Crippen molar-refractivity contribution in [3.05, 3.63) is 33.4 Å². The van der Waals surface area contributed by atoms with Crippen LogP contribution in [0.3, 0.4) is 0 Å². The standard InChI is InChI=1S/C9H10INO/c1-6(9(11)12)7-2-4-8(10)5-3-7/h2-6H,1H3,(H2,11,12). The second-order valence-electron chi connectivity index (χ2n) is 2.68. The van der Waals surface area contributed by atoms with Gasteiger partial charge in [-0.3, -0.25) is 4.79 Å². The number of halogens is 1. The van der Waals surface area contributed by atoms with Gasteiger partial charge in [-0.2, -0.15) is 0 Å². The average molecular weight is 275 g/mol. The minimum Gasteiger partial charge on any atom is -0.369 e. The normalized spacial score (nSPS) is 12.5. The van der Waals surface area contributed by atoms with Gasteiger partial charge in [-0.25, -0.2) is 0 Å². The Bertz CT molecular complexity index is 281. The second kappa shape index (κ2) is 3.89. The summed E-state index contributed by atoms with van der Waals surface area (Å²) in [6, 6.07) is 7.79. The molecule has 1 unspecified atom stereocenters. The molecule has 0 fully saturated rings. The summed E-state index contributed by atoms with van der Waals surface area (Å²) >= 11 is 2.22. The maximum atomic E-state index is 10.8. The topological polar surface area (TPSA) is 43.1 Å². The second-order valence-corrected chi connectivity index (χ2v) is 3.92. The molecule has 0 aliphatic carbocycles. The quantitative estimate of drug-likeness (QED) is 0.823. The molecule has 3 heteroatoms. The summed E-state index contributed by atoms with van der Waals surface area (Å²) in [5.41, 5.74) is 6.14. The maximum absolute atomic E-state index is 10.8. The van der Waals surface area contributed by atoms with E-state index in [0.29, 0.717) is 0 Å². The van der Waals surface area contributed by atoms with E-state index in [2.05, 4.69) is 22.6 Å². The zero-order valence-electron chi connectivity index (χ0n) is 6.75. The smallest absolute Gasteiger partial charge is 0.224 e. The molecule has 2 N–H and O–H groups in total. The van der Waals surface area contributed by atoms with E-state index < -0.39 is 0 Å². The summed E-state index contributed by atoms with van der Waals surface area (Å²) in [6.45, 7) is 1.81. The van der Waals surface area contributed by atoms with Gasteiger partial charge in [-0.05, 0) is 47.2 Å². The lowest BCUT2D eigenvalue weighted by molar-refractivity contribution is -0.119. The molecule has 12 heavy (non-hydrogen) atoms. The van der Waals surface area contributed by atoms with Gasteiger partial charge in [0.05, 0.1) is 5.92 Å². The first kappa shape index (κ1) is 9.51. The molecule has 0 spiro atoms. The Balaban J connectivity index is 2.89. The van der Waals surface area contributed by atoms with E-state index in [1.54, 1.807) is 0 Å². The van der Waals surface area contributed by atoms with Crippen LogP contribution in [0.25, 0.3) is 0 Å². The van der Waals surface area contributed by atoms with E-state index in [0.717, 1.165) is 9.13 Å². The number of benzene rings is 1. The van der Waals surface area contributed by atoms with Gasteiger partial charge < -0.3 is 5.73 Å². The Morgan fingerprint density at radius 2 is 1.92 bits per heavy atom. The molecule has 1 aromatic rings. The van der Waals surface area contributed by atoms with E-state index in [1.165, 1.54) is 0 Å². The number of hydrogen-bond acceptors (Lipinski definition) is 1. The molecule has 1 atom stereocenters. The molecule has 0 saturated heterocycles. The minimum absolute atomic E-state index is 0.193. The summed E-state index contributed by atoms with van der Waals surface area (Å²) < 4.78 is 1.16.